The molecule has 0 heterocycles. The Morgan fingerprint density at radius 2 is 1.83 bits per heavy atom. The number of carbonyl (C=O) groups is 4. The molecule has 0 spiro atoms. The summed E-state index contributed by atoms with van der Waals surface area (Å²) >= 11 is 0. The molecule has 0 unspecified atom stereocenters. The smallest absolute Gasteiger partial charge is 0.330 e. The molecule has 220 valence electrons. The number of aromatic hydroxyl groups is 1. The lowest BCUT2D eigenvalue weighted by molar-refractivity contribution is -0.162. The molecule has 0 bridgehead atoms. The third-order valence-corrected chi connectivity index (χ3v) is 8.28. The minimum atomic E-state index is -2.99. The van der Waals surface area contributed by atoms with Crippen LogP contribution in [0.5, 0.6) is 5.75 Å². The van der Waals surface area contributed by atoms with Crippen LogP contribution in [0.15, 0.2) is 40.9 Å². The summed E-state index contributed by atoms with van der Waals surface area (Å²) in [5.74, 6) is -10.4. The van der Waals surface area contributed by atoms with E-state index in [2.05, 4.69) is 0 Å². The number of hydrogen-bond acceptors (Lipinski definition) is 11. The van der Waals surface area contributed by atoms with E-state index in [-0.39, 0.29) is 17.7 Å². The van der Waals surface area contributed by atoms with Crippen LogP contribution >= 0.6 is 0 Å². The predicted octanol–water partition coefficient (Wildman–Crippen LogP) is 1.01. The van der Waals surface area contributed by atoms with E-state index in [1.807, 2.05) is 6.92 Å². The molecule has 12 nitrogen and oxygen atoms in total. The van der Waals surface area contributed by atoms with E-state index in [9.17, 15) is 44.7 Å². The molecule has 12 heteroatoms. The number of aliphatic hydroxyl groups excluding tert-OH is 3. The summed E-state index contributed by atoms with van der Waals surface area (Å²) in [4.78, 5) is 53.0. The minimum absolute atomic E-state index is 0.235. The average molecular weight is 571 g/mol. The summed E-state index contributed by atoms with van der Waals surface area (Å²) in [5.41, 5.74) is 1.25. The number of esters is 1. The number of Topliss-reactive ketones (excluding diaryl/α,β-unsaturated/α-hetero) is 2. The van der Waals surface area contributed by atoms with E-state index in [0.29, 0.717) is 12.0 Å². The minimum Gasteiger partial charge on any atom is -0.510 e. The van der Waals surface area contributed by atoms with Crippen LogP contribution in [0.4, 0.5) is 0 Å². The summed E-state index contributed by atoms with van der Waals surface area (Å²) in [5, 5.41) is 56.5. The van der Waals surface area contributed by atoms with Crippen molar-refractivity contribution in [3.8, 4) is 5.75 Å². The zero-order chi connectivity index (χ0) is 30.5. The van der Waals surface area contributed by atoms with Gasteiger partial charge in [0.25, 0.3) is 5.91 Å². The van der Waals surface area contributed by atoms with Crippen molar-refractivity contribution in [2.24, 2.45) is 17.6 Å². The number of primary amides is 1. The monoisotopic (exact) mass is 570 g/mol. The summed E-state index contributed by atoms with van der Waals surface area (Å²) in [6, 6.07) is 1.35. The number of aliphatic hydroxyl groups is 4. The van der Waals surface area contributed by atoms with Crippen molar-refractivity contribution in [3.05, 3.63) is 57.6 Å². The van der Waals surface area contributed by atoms with Gasteiger partial charge in [0.05, 0.1) is 30.2 Å². The van der Waals surface area contributed by atoms with Crippen LogP contribution in [0.1, 0.15) is 54.1 Å². The lowest BCUT2D eigenvalue weighted by Crippen LogP contribution is -2.68. The quantitative estimate of drug-likeness (QED) is 0.118. The van der Waals surface area contributed by atoms with E-state index in [0.717, 1.165) is 6.42 Å². The van der Waals surface area contributed by atoms with E-state index >= 15 is 0 Å². The predicted molar refractivity (Wildman–Crippen MR) is 145 cm³/mol. The Morgan fingerprint density at radius 3 is 2.41 bits per heavy atom. The Kier molecular flexibility index (Phi) is 7.87. The van der Waals surface area contributed by atoms with Gasteiger partial charge in [0.15, 0.2) is 11.4 Å². The molecule has 0 aromatic heterocycles. The molecule has 0 aliphatic heterocycles. The van der Waals surface area contributed by atoms with Crippen LogP contribution in [0.2, 0.25) is 0 Å². The van der Waals surface area contributed by atoms with Crippen LogP contribution in [0.25, 0.3) is 6.08 Å². The second-order valence-electron chi connectivity index (χ2n) is 10.9. The van der Waals surface area contributed by atoms with Crippen molar-refractivity contribution in [2.45, 2.75) is 50.4 Å². The first-order valence-electron chi connectivity index (χ1n) is 13.2. The molecule has 0 radical (unpaired) electrons. The number of fused-ring (bicyclic) bond motifs is 3. The Labute approximate surface area is 236 Å². The fourth-order valence-corrected chi connectivity index (χ4v) is 6.41. The Morgan fingerprint density at radius 1 is 1.17 bits per heavy atom. The number of carbonyl (C=O) groups excluding carboxylic acids is 4. The molecule has 0 saturated carbocycles. The maximum absolute atomic E-state index is 13.9. The number of ether oxygens (including phenoxy) is 1. The number of likely N-dealkylation sites (N-methyl/N-ethyl adjacent to an activating group) is 1. The van der Waals surface area contributed by atoms with Gasteiger partial charge in [-0.15, -0.1) is 0 Å². The van der Waals surface area contributed by atoms with Gasteiger partial charge in [-0.2, -0.15) is 0 Å². The lowest BCUT2D eigenvalue weighted by Gasteiger charge is -2.53. The van der Waals surface area contributed by atoms with E-state index in [1.165, 1.54) is 43.3 Å². The van der Waals surface area contributed by atoms with Gasteiger partial charge >= 0.3 is 5.97 Å². The topological polar surface area (TPSA) is 208 Å². The number of unbranched alkanes of at least 4 members (excludes halogenated alkanes) is 1. The van der Waals surface area contributed by atoms with Gasteiger partial charge in [0, 0.05) is 17.6 Å². The molecular weight excluding hydrogens is 536 g/mol. The first-order valence-corrected chi connectivity index (χ1v) is 13.2. The highest BCUT2D eigenvalue weighted by Gasteiger charge is 2.67. The van der Waals surface area contributed by atoms with Crippen LogP contribution in [-0.4, -0.2) is 92.3 Å². The first kappa shape index (κ1) is 30.0. The lowest BCUT2D eigenvalue weighted by atomic mass is 9.55. The number of rotatable bonds is 7. The Bertz CT molecular complexity index is 1420. The Balaban J connectivity index is 1.92. The second kappa shape index (κ2) is 10.8. The van der Waals surface area contributed by atoms with Gasteiger partial charge < -0.3 is 36.0 Å². The van der Waals surface area contributed by atoms with Gasteiger partial charge in [-0.1, -0.05) is 26.3 Å². The van der Waals surface area contributed by atoms with Crippen molar-refractivity contribution in [1.29, 1.82) is 0 Å². The summed E-state index contributed by atoms with van der Waals surface area (Å²) in [7, 11) is 2.92. The highest BCUT2D eigenvalue weighted by molar-refractivity contribution is 6.25. The molecule has 4 rings (SSSR count). The zero-order valence-corrected chi connectivity index (χ0v) is 23.1. The number of nitrogens with zero attached hydrogens (tertiary/aromatic N) is 1. The number of nitrogens with two attached hydrogens (primary N) is 1. The highest BCUT2D eigenvalue weighted by atomic mass is 16.5. The standard InChI is InChI=1S/C29H34N2O10/c1-5-6-11-41-15(33)10-8-13-7-9-14(32)18-16(13)12(2)17-19(23(18)34)26(37)29(40)21(24(17)35)22(31(3)4)25(36)20(27(29)38)28(30)39/h7-10,12,17,21-22,24,32,35-37,40H,5-6,11H2,1-4H3,(H2,30,39)/b10-8+/t12-,17+,21+,22-,24-,29-/m0/s1. The van der Waals surface area contributed by atoms with Crippen molar-refractivity contribution in [1.82, 2.24) is 4.90 Å². The van der Waals surface area contributed by atoms with E-state index < -0.39 is 87.4 Å². The largest absolute Gasteiger partial charge is 0.510 e. The van der Waals surface area contributed by atoms with Crippen LogP contribution < -0.4 is 5.73 Å². The second-order valence-corrected chi connectivity index (χ2v) is 10.9. The Hall–Kier alpha value is -4.00. The summed E-state index contributed by atoms with van der Waals surface area (Å²) < 4.78 is 5.14. The third kappa shape index (κ3) is 4.42. The molecule has 1 aromatic carbocycles. The molecule has 6 atom stereocenters. The molecule has 3 aliphatic carbocycles. The fourth-order valence-electron chi connectivity index (χ4n) is 6.41. The SMILES string of the molecule is CCCCOC(=O)/C=C/c1ccc(O)c2c1[C@H](C)[C@@H]1C(=C(O)[C@]3(O)C(=O)C(C(N)=O)=C(O)[C@@H](N(C)C)[C@@H]3[C@H]1O)C2=O. The number of benzene rings is 1. The van der Waals surface area contributed by atoms with Crippen LogP contribution in [0, 0.1) is 11.8 Å². The van der Waals surface area contributed by atoms with Gasteiger partial charge in [-0.25, -0.2) is 4.79 Å². The maximum Gasteiger partial charge on any atom is 0.330 e. The van der Waals surface area contributed by atoms with Gasteiger partial charge in [-0.05, 0) is 49.7 Å². The molecule has 7 N–H and O–H groups in total. The number of ketones is 2. The van der Waals surface area contributed by atoms with Crippen molar-refractivity contribution >= 4 is 29.5 Å². The first-order chi connectivity index (χ1) is 19.2. The molecule has 0 saturated heterocycles. The van der Waals surface area contributed by atoms with Crippen molar-refractivity contribution in [3.63, 3.8) is 0 Å². The number of phenols is 1. The molecule has 3 aliphatic rings. The zero-order valence-electron chi connectivity index (χ0n) is 23.1. The molecule has 41 heavy (non-hydrogen) atoms. The third-order valence-electron chi connectivity index (χ3n) is 8.28. The average Bonchev–Trinajstić information content (AvgIpc) is 2.89. The normalized spacial score (nSPS) is 29.5. The number of hydrogen-bond donors (Lipinski definition) is 6. The highest BCUT2D eigenvalue weighted by Crippen LogP contribution is 2.56. The summed E-state index contributed by atoms with van der Waals surface area (Å²) in [6.07, 6.45) is 2.39. The van der Waals surface area contributed by atoms with E-state index in [4.69, 9.17) is 10.5 Å². The molecule has 1 aromatic rings. The van der Waals surface area contributed by atoms with Crippen molar-refractivity contribution < 1.29 is 49.4 Å². The van der Waals surface area contributed by atoms with Crippen molar-refractivity contribution in [2.75, 3.05) is 20.7 Å². The van der Waals surface area contributed by atoms with Crippen LogP contribution in [-0.2, 0) is 19.1 Å². The van der Waals surface area contributed by atoms with E-state index in [1.54, 1.807) is 6.92 Å². The van der Waals surface area contributed by atoms with Gasteiger partial charge in [0.2, 0.25) is 5.78 Å². The number of phenolic OH excluding ortho intramolecular Hbond substituents is 1. The van der Waals surface area contributed by atoms with Crippen LogP contribution in [0.3, 0.4) is 0 Å². The molecule has 1 amide bonds. The fraction of sp³-hybridized carbons (Fsp3) is 0.448. The maximum atomic E-state index is 13.9. The van der Waals surface area contributed by atoms with Gasteiger partial charge in [0.1, 0.15) is 22.8 Å². The van der Waals surface area contributed by atoms with Gasteiger partial charge in [-0.3, -0.25) is 19.3 Å². The molecular formula is C29H34N2O10. The molecule has 0 fully saturated rings. The number of amides is 1. The summed E-state index contributed by atoms with van der Waals surface area (Å²) in [6.45, 7) is 3.80.